The van der Waals surface area contributed by atoms with E-state index in [1.807, 2.05) is 0 Å². The summed E-state index contributed by atoms with van der Waals surface area (Å²) in [5.41, 5.74) is 1.37. The van der Waals surface area contributed by atoms with Gasteiger partial charge in [0.15, 0.2) is 0 Å². The molecule has 0 spiro atoms. The molecule has 3 heteroatoms. The van der Waals surface area contributed by atoms with Gasteiger partial charge in [0.2, 0.25) is 0 Å². The molecule has 1 N–H and O–H groups in total. The zero-order valence-corrected chi connectivity index (χ0v) is 12.3. The molecular weight excluding hydrogens is 234 g/mol. The van der Waals surface area contributed by atoms with Crippen LogP contribution in [0.3, 0.4) is 0 Å². The molecule has 19 heavy (non-hydrogen) atoms. The Morgan fingerprint density at radius 3 is 2.37 bits per heavy atom. The highest BCUT2D eigenvalue weighted by molar-refractivity contribution is 5.14. The average Bonchev–Trinajstić information content (AvgIpc) is 2.45. The van der Waals surface area contributed by atoms with E-state index in [9.17, 15) is 0 Å². The maximum Gasteiger partial charge on any atom is 0.0206 e. The van der Waals surface area contributed by atoms with Crippen molar-refractivity contribution in [1.82, 2.24) is 15.1 Å². The Bertz CT molecular complexity index is 342. The molecule has 1 aromatic rings. The zero-order valence-electron chi connectivity index (χ0n) is 12.3. The van der Waals surface area contributed by atoms with E-state index >= 15 is 0 Å². The van der Waals surface area contributed by atoms with Gasteiger partial charge in [-0.25, -0.2) is 0 Å². The molecule has 3 nitrogen and oxygen atoms in total. The van der Waals surface area contributed by atoms with E-state index in [-0.39, 0.29) is 0 Å². The Hall–Kier alpha value is -0.900. The highest BCUT2D eigenvalue weighted by Crippen LogP contribution is 2.05. The normalized spacial score (nSPS) is 18.1. The summed E-state index contributed by atoms with van der Waals surface area (Å²) in [6, 6.07) is 11.3. The van der Waals surface area contributed by atoms with Crippen LogP contribution in [0.25, 0.3) is 0 Å². The van der Waals surface area contributed by atoms with Gasteiger partial charge in [-0.1, -0.05) is 30.3 Å². The van der Waals surface area contributed by atoms with Crippen LogP contribution >= 0.6 is 0 Å². The molecule has 106 valence electrons. The topological polar surface area (TPSA) is 18.5 Å². The van der Waals surface area contributed by atoms with Crippen molar-refractivity contribution < 1.29 is 0 Å². The minimum absolute atomic E-state index is 0.693. The monoisotopic (exact) mass is 261 g/mol. The molecule has 0 atom stereocenters. The number of nitrogens with one attached hydrogen (secondary N) is 1. The molecule has 0 radical (unpaired) electrons. The van der Waals surface area contributed by atoms with Gasteiger partial charge in [-0.05, 0) is 19.4 Å². The maximum absolute atomic E-state index is 3.53. The van der Waals surface area contributed by atoms with E-state index in [4.69, 9.17) is 0 Å². The quantitative estimate of drug-likeness (QED) is 0.788. The van der Waals surface area contributed by atoms with Crippen LogP contribution in [0, 0.1) is 0 Å². The van der Waals surface area contributed by atoms with Crippen LogP contribution in [0.2, 0.25) is 0 Å². The summed E-state index contributed by atoms with van der Waals surface area (Å²) in [5, 5.41) is 3.53. The van der Waals surface area contributed by atoms with Crippen LogP contribution in [-0.4, -0.2) is 55.1 Å². The predicted octanol–water partition coefficient (Wildman–Crippen LogP) is 1.80. The van der Waals surface area contributed by atoms with E-state index in [0.717, 1.165) is 13.1 Å². The van der Waals surface area contributed by atoms with Crippen molar-refractivity contribution in [2.45, 2.75) is 26.4 Å². The zero-order chi connectivity index (χ0) is 13.5. The van der Waals surface area contributed by atoms with Gasteiger partial charge in [-0.15, -0.1) is 0 Å². The van der Waals surface area contributed by atoms with E-state index in [0.29, 0.717) is 6.04 Å². The third-order valence-electron chi connectivity index (χ3n) is 3.91. The van der Waals surface area contributed by atoms with Crippen molar-refractivity contribution in [3.05, 3.63) is 35.9 Å². The van der Waals surface area contributed by atoms with Crippen LogP contribution < -0.4 is 5.32 Å². The van der Waals surface area contributed by atoms with Crippen molar-refractivity contribution in [3.8, 4) is 0 Å². The number of nitrogens with zero attached hydrogens (tertiary/aromatic N) is 2. The van der Waals surface area contributed by atoms with Crippen LogP contribution in [0.5, 0.6) is 0 Å². The number of piperazine rings is 1. The molecule has 1 saturated heterocycles. The summed E-state index contributed by atoms with van der Waals surface area (Å²) < 4.78 is 0. The first-order valence-corrected chi connectivity index (χ1v) is 7.47. The van der Waals surface area contributed by atoms with Crippen LogP contribution in [0.1, 0.15) is 19.4 Å². The van der Waals surface area contributed by atoms with Crippen molar-refractivity contribution in [2.75, 3.05) is 39.3 Å². The molecular formula is C16H27N3. The molecule has 0 unspecified atom stereocenters. The Kier molecular flexibility index (Phi) is 5.83. The van der Waals surface area contributed by atoms with Gasteiger partial charge in [0, 0.05) is 51.9 Å². The van der Waals surface area contributed by atoms with E-state index in [1.165, 1.54) is 38.3 Å². The third kappa shape index (κ3) is 4.94. The lowest BCUT2D eigenvalue weighted by molar-refractivity contribution is 0.109. The summed E-state index contributed by atoms with van der Waals surface area (Å²) in [7, 11) is 0. The second-order valence-electron chi connectivity index (χ2n) is 5.63. The minimum Gasteiger partial charge on any atom is -0.311 e. The Morgan fingerprint density at radius 2 is 1.74 bits per heavy atom. The molecule has 2 rings (SSSR count). The molecule has 1 aromatic carbocycles. The summed E-state index contributed by atoms with van der Waals surface area (Å²) >= 11 is 0. The van der Waals surface area contributed by atoms with E-state index in [2.05, 4.69) is 59.3 Å². The fourth-order valence-electron chi connectivity index (χ4n) is 2.57. The number of hydrogen-bond acceptors (Lipinski definition) is 3. The molecule has 0 bridgehead atoms. The Labute approximate surface area is 117 Å². The highest BCUT2D eigenvalue weighted by Gasteiger charge is 2.17. The van der Waals surface area contributed by atoms with Crippen LogP contribution in [0.15, 0.2) is 30.3 Å². The Morgan fingerprint density at radius 1 is 1.05 bits per heavy atom. The standard InChI is InChI=1S/C16H27N3/c1-15(2)19-12-10-18(11-13-19)9-8-17-14-16-6-4-3-5-7-16/h3-7,15,17H,8-14H2,1-2H3. The molecule has 1 aliphatic rings. The predicted molar refractivity (Wildman–Crippen MR) is 81.3 cm³/mol. The van der Waals surface area contributed by atoms with E-state index < -0.39 is 0 Å². The lowest BCUT2D eigenvalue weighted by atomic mass is 10.2. The average molecular weight is 261 g/mol. The molecule has 0 aromatic heterocycles. The van der Waals surface area contributed by atoms with Gasteiger partial charge in [0.1, 0.15) is 0 Å². The van der Waals surface area contributed by atoms with Gasteiger partial charge in [-0.2, -0.15) is 0 Å². The number of hydrogen-bond donors (Lipinski definition) is 1. The van der Waals surface area contributed by atoms with Gasteiger partial charge in [0.05, 0.1) is 0 Å². The SMILES string of the molecule is CC(C)N1CCN(CCNCc2ccccc2)CC1. The lowest BCUT2D eigenvalue weighted by Gasteiger charge is -2.36. The second-order valence-corrected chi connectivity index (χ2v) is 5.63. The largest absolute Gasteiger partial charge is 0.311 e. The van der Waals surface area contributed by atoms with Gasteiger partial charge < -0.3 is 5.32 Å². The molecule has 0 aliphatic carbocycles. The lowest BCUT2D eigenvalue weighted by Crippen LogP contribution is -2.50. The molecule has 0 saturated carbocycles. The van der Waals surface area contributed by atoms with E-state index in [1.54, 1.807) is 0 Å². The summed E-state index contributed by atoms with van der Waals surface area (Å²) in [6.45, 7) is 12.7. The molecule has 1 aliphatic heterocycles. The van der Waals surface area contributed by atoms with Gasteiger partial charge in [-0.3, -0.25) is 9.80 Å². The van der Waals surface area contributed by atoms with Crippen molar-refractivity contribution in [2.24, 2.45) is 0 Å². The van der Waals surface area contributed by atoms with Crippen molar-refractivity contribution >= 4 is 0 Å². The summed E-state index contributed by atoms with van der Waals surface area (Å²) in [4.78, 5) is 5.13. The maximum atomic E-state index is 3.53. The Balaban J connectivity index is 1.57. The molecule has 1 fully saturated rings. The fourth-order valence-corrected chi connectivity index (χ4v) is 2.57. The number of benzene rings is 1. The fraction of sp³-hybridized carbons (Fsp3) is 0.625. The summed E-state index contributed by atoms with van der Waals surface area (Å²) in [6.07, 6.45) is 0. The van der Waals surface area contributed by atoms with Gasteiger partial charge in [0.25, 0.3) is 0 Å². The summed E-state index contributed by atoms with van der Waals surface area (Å²) in [5.74, 6) is 0. The van der Waals surface area contributed by atoms with Crippen LogP contribution in [-0.2, 0) is 6.54 Å². The highest BCUT2D eigenvalue weighted by atomic mass is 15.3. The van der Waals surface area contributed by atoms with Crippen LogP contribution in [0.4, 0.5) is 0 Å². The molecule has 0 amide bonds. The second kappa shape index (κ2) is 7.63. The first-order valence-electron chi connectivity index (χ1n) is 7.47. The van der Waals surface area contributed by atoms with Crippen molar-refractivity contribution in [1.29, 1.82) is 0 Å². The minimum atomic E-state index is 0.693. The third-order valence-corrected chi connectivity index (χ3v) is 3.91. The van der Waals surface area contributed by atoms with Crippen molar-refractivity contribution in [3.63, 3.8) is 0 Å². The first-order chi connectivity index (χ1) is 9.25. The number of rotatable bonds is 6. The van der Waals surface area contributed by atoms with Gasteiger partial charge >= 0.3 is 0 Å². The first kappa shape index (κ1) is 14.5. The molecule has 1 heterocycles. The smallest absolute Gasteiger partial charge is 0.0206 e.